The molecule has 0 unspecified atom stereocenters. The molecular weight excluding hydrogens is 492 g/mol. The molecule has 0 radical (unpaired) electrons. The van der Waals surface area contributed by atoms with Crippen molar-refractivity contribution in [3.8, 4) is 0 Å². The van der Waals surface area contributed by atoms with Crippen LogP contribution in [0, 0.1) is 0 Å². The van der Waals surface area contributed by atoms with Crippen molar-refractivity contribution in [2.75, 3.05) is 6.61 Å². The molecule has 0 spiro atoms. The molecule has 1 aliphatic heterocycles. The Hall–Kier alpha value is -3.51. The lowest BCUT2D eigenvalue weighted by atomic mass is 9.97. The Kier molecular flexibility index (Phi) is 11.0. The van der Waals surface area contributed by atoms with Crippen LogP contribution >= 0.6 is 0 Å². The Morgan fingerprint density at radius 2 is 1.30 bits per heavy atom. The van der Waals surface area contributed by atoms with Crippen LogP contribution in [0.1, 0.15) is 53.2 Å². The Balaban J connectivity index is 2.47. The molecule has 1 saturated heterocycles. The van der Waals surface area contributed by atoms with Gasteiger partial charge in [-0.25, -0.2) is 0 Å². The second-order valence-corrected chi connectivity index (χ2v) is 8.35. The van der Waals surface area contributed by atoms with E-state index in [1.165, 1.54) is 13.8 Å². The van der Waals surface area contributed by atoms with E-state index in [0.29, 0.717) is 5.56 Å². The molecule has 0 aromatic heterocycles. The molecule has 2 rings (SSSR count). The van der Waals surface area contributed by atoms with Crippen LogP contribution in [0.2, 0.25) is 0 Å². The first-order chi connectivity index (χ1) is 17.4. The summed E-state index contributed by atoms with van der Waals surface area (Å²) < 4.78 is 38.7. The van der Waals surface area contributed by atoms with Gasteiger partial charge in [0.05, 0.1) is 6.10 Å². The quantitative estimate of drug-likeness (QED) is 0.324. The van der Waals surface area contributed by atoms with Gasteiger partial charge in [0.1, 0.15) is 12.7 Å². The van der Waals surface area contributed by atoms with E-state index in [9.17, 15) is 24.0 Å². The zero-order chi connectivity index (χ0) is 27.7. The molecule has 1 aromatic rings. The highest BCUT2D eigenvalue weighted by atomic mass is 16.7. The summed E-state index contributed by atoms with van der Waals surface area (Å²) in [6.07, 6.45) is -8.39. The molecule has 204 valence electrons. The average Bonchev–Trinajstić information content (AvgIpc) is 2.79. The molecule has 0 aliphatic carbocycles. The summed E-state index contributed by atoms with van der Waals surface area (Å²) in [6, 6.07) is 8.78. The van der Waals surface area contributed by atoms with Crippen molar-refractivity contribution in [3.63, 3.8) is 0 Å². The van der Waals surface area contributed by atoms with Crippen molar-refractivity contribution >= 4 is 29.8 Å². The van der Waals surface area contributed by atoms with Gasteiger partial charge in [-0.3, -0.25) is 24.0 Å². The van der Waals surface area contributed by atoms with Crippen LogP contribution in [-0.2, 0) is 57.1 Å². The summed E-state index contributed by atoms with van der Waals surface area (Å²) in [6.45, 7) is 7.01. The second-order valence-electron chi connectivity index (χ2n) is 8.35. The van der Waals surface area contributed by atoms with Gasteiger partial charge in [-0.05, 0) is 12.5 Å². The van der Waals surface area contributed by atoms with Crippen molar-refractivity contribution in [3.05, 3.63) is 35.9 Å². The predicted octanol–water partition coefficient (Wildman–Crippen LogP) is 1.78. The summed E-state index contributed by atoms with van der Waals surface area (Å²) in [7, 11) is 0. The monoisotopic (exact) mass is 524 g/mol. The van der Waals surface area contributed by atoms with E-state index in [1.807, 2.05) is 0 Å². The highest BCUT2D eigenvalue weighted by molar-refractivity contribution is 5.69. The summed E-state index contributed by atoms with van der Waals surface area (Å²) >= 11 is 0. The zero-order valence-electron chi connectivity index (χ0n) is 21.5. The minimum Gasteiger partial charge on any atom is -0.463 e. The van der Waals surface area contributed by atoms with Gasteiger partial charge in [0.25, 0.3) is 0 Å². The third-order valence-electron chi connectivity index (χ3n) is 5.14. The smallest absolute Gasteiger partial charge is 0.303 e. The van der Waals surface area contributed by atoms with Crippen LogP contribution in [-0.4, -0.2) is 73.3 Å². The molecule has 0 saturated carbocycles. The van der Waals surface area contributed by atoms with Gasteiger partial charge < -0.3 is 33.2 Å². The van der Waals surface area contributed by atoms with E-state index in [-0.39, 0.29) is 0 Å². The van der Waals surface area contributed by atoms with Crippen LogP contribution in [0.4, 0.5) is 0 Å². The molecule has 1 aromatic carbocycles. The van der Waals surface area contributed by atoms with E-state index in [1.54, 1.807) is 37.3 Å². The third kappa shape index (κ3) is 9.14. The molecule has 1 fully saturated rings. The van der Waals surface area contributed by atoms with Gasteiger partial charge >= 0.3 is 29.8 Å². The fraction of sp³-hybridized carbons (Fsp3) is 0.560. The molecule has 1 aliphatic rings. The zero-order valence-corrected chi connectivity index (χ0v) is 21.5. The maximum atomic E-state index is 12.0. The normalized spacial score (nSPS) is 24.6. The number of ether oxygens (including phenoxy) is 7. The van der Waals surface area contributed by atoms with Crippen LogP contribution in [0.25, 0.3) is 0 Å². The highest BCUT2D eigenvalue weighted by Crippen LogP contribution is 2.33. The van der Waals surface area contributed by atoms with Crippen LogP contribution < -0.4 is 0 Å². The summed E-state index contributed by atoms with van der Waals surface area (Å²) in [5.74, 6) is -3.47. The summed E-state index contributed by atoms with van der Waals surface area (Å²) in [5, 5.41) is 0. The molecule has 7 atom stereocenters. The van der Waals surface area contributed by atoms with Crippen molar-refractivity contribution in [2.24, 2.45) is 0 Å². The first-order valence-electron chi connectivity index (χ1n) is 11.6. The summed E-state index contributed by atoms with van der Waals surface area (Å²) in [4.78, 5) is 59.1. The molecule has 37 heavy (non-hydrogen) atoms. The first-order valence-corrected chi connectivity index (χ1v) is 11.6. The van der Waals surface area contributed by atoms with Crippen LogP contribution in [0.15, 0.2) is 30.3 Å². The van der Waals surface area contributed by atoms with Gasteiger partial charge in [-0.1, -0.05) is 30.3 Å². The Bertz CT molecular complexity index is 962. The highest BCUT2D eigenvalue weighted by Gasteiger charge is 2.53. The number of rotatable bonds is 10. The fourth-order valence-corrected chi connectivity index (χ4v) is 3.84. The van der Waals surface area contributed by atoms with E-state index < -0.39 is 79.4 Å². The first kappa shape index (κ1) is 29.7. The third-order valence-corrected chi connectivity index (χ3v) is 5.14. The minimum absolute atomic E-state index is 0.391. The second kappa shape index (κ2) is 13.7. The van der Waals surface area contributed by atoms with Gasteiger partial charge in [-0.15, -0.1) is 0 Å². The largest absolute Gasteiger partial charge is 0.463 e. The molecule has 0 bridgehead atoms. The van der Waals surface area contributed by atoms with Crippen LogP contribution in [0.5, 0.6) is 0 Å². The lowest BCUT2D eigenvalue weighted by Gasteiger charge is -2.45. The van der Waals surface area contributed by atoms with E-state index in [0.717, 1.165) is 20.8 Å². The van der Waals surface area contributed by atoms with Crippen molar-refractivity contribution in [1.82, 2.24) is 0 Å². The summed E-state index contributed by atoms with van der Waals surface area (Å²) in [5.41, 5.74) is 0.621. The number of benzene rings is 1. The molecule has 12 heteroatoms. The van der Waals surface area contributed by atoms with E-state index in [4.69, 9.17) is 33.2 Å². The van der Waals surface area contributed by atoms with Gasteiger partial charge in [0.15, 0.2) is 30.7 Å². The minimum atomic E-state index is -1.41. The standard InChI is InChI=1S/C25H32O12/c1-13(21(33-15(3)27)19-10-8-7-9-11-19)32-25-24(36-18(6)30)23(35-17(5)29)22(34-16(4)28)20(37-25)12-31-14(2)26/h7-11,13,20-25H,12H2,1-6H3/t13-,20+,21+,22+,23-,24+,25+/m0/s1. The molecule has 12 nitrogen and oxygen atoms in total. The maximum Gasteiger partial charge on any atom is 0.303 e. The van der Waals surface area contributed by atoms with Gasteiger partial charge in [0, 0.05) is 34.6 Å². The Morgan fingerprint density at radius 1 is 0.757 bits per heavy atom. The maximum absolute atomic E-state index is 12.0. The SMILES string of the molecule is CC(=O)OC[C@H]1O[C@@H](O[C@@H](C)[C@@H](OC(C)=O)c2ccccc2)[C@H](OC(C)=O)[C@@H](OC(C)=O)[C@@H]1OC(C)=O. The molecule has 0 N–H and O–H groups in total. The van der Waals surface area contributed by atoms with Gasteiger partial charge in [0.2, 0.25) is 0 Å². The van der Waals surface area contributed by atoms with Gasteiger partial charge in [-0.2, -0.15) is 0 Å². The lowest BCUT2D eigenvalue weighted by Crippen LogP contribution is -2.63. The van der Waals surface area contributed by atoms with Crippen molar-refractivity contribution in [1.29, 1.82) is 0 Å². The molecule has 1 heterocycles. The number of carbonyl (C=O) groups is 5. The predicted molar refractivity (Wildman–Crippen MR) is 123 cm³/mol. The van der Waals surface area contributed by atoms with E-state index >= 15 is 0 Å². The number of hydrogen-bond donors (Lipinski definition) is 0. The van der Waals surface area contributed by atoms with E-state index in [2.05, 4.69) is 0 Å². The number of esters is 5. The Morgan fingerprint density at radius 3 is 1.81 bits per heavy atom. The number of hydrogen-bond acceptors (Lipinski definition) is 12. The van der Waals surface area contributed by atoms with Crippen molar-refractivity contribution < 1.29 is 57.1 Å². The molecule has 0 amide bonds. The number of carbonyl (C=O) groups excluding carboxylic acids is 5. The average molecular weight is 525 g/mol. The lowest BCUT2D eigenvalue weighted by molar-refractivity contribution is -0.321. The molecular formula is C25H32O12. The van der Waals surface area contributed by atoms with Crippen LogP contribution in [0.3, 0.4) is 0 Å². The topological polar surface area (TPSA) is 150 Å². The Labute approximate surface area is 214 Å². The fourth-order valence-electron chi connectivity index (χ4n) is 3.84. The van der Waals surface area contributed by atoms with Crippen molar-refractivity contribution in [2.45, 2.75) is 84.5 Å².